The molecule has 1 aromatic carbocycles. The van der Waals surface area contributed by atoms with Crippen LogP contribution in [-0.2, 0) is 4.79 Å². The summed E-state index contributed by atoms with van der Waals surface area (Å²) in [4.78, 5) is 11.7. The number of amides is 1. The van der Waals surface area contributed by atoms with E-state index in [2.05, 4.69) is 10.4 Å². The average molecular weight is 274 g/mol. The fraction of sp³-hybridized carbons (Fsp3) is 0.143. The number of halogens is 1. The van der Waals surface area contributed by atoms with Gasteiger partial charge in [0.25, 0.3) is 0 Å². The molecule has 0 spiro atoms. The van der Waals surface area contributed by atoms with Crippen LogP contribution in [0, 0.1) is 0 Å². The lowest BCUT2D eigenvalue weighted by Gasteiger charge is -2.09. The minimum atomic E-state index is -0.0335. The molecule has 1 amide bonds. The first-order chi connectivity index (χ1) is 9.15. The van der Waals surface area contributed by atoms with Gasteiger partial charge >= 0.3 is 0 Å². The van der Waals surface area contributed by atoms with Crippen molar-refractivity contribution in [1.82, 2.24) is 9.78 Å². The minimum absolute atomic E-state index is 0.0335. The molecule has 1 aliphatic rings. The molecule has 4 nitrogen and oxygen atoms in total. The first-order valence-electron chi connectivity index (χ1n) is 5.96. The van der Waals surface area contributed by atoms with Crippen LogP contribution in [0.3, 0.4) is 0 Å². The monoisotopic (exact) mass is 273 g/mol. The molecule has 0 unspecified atom stereocenters. The second kappa shape index (κ2) is 4.55. The molecule has 0 bridgehead atoms. The first-order valence-corrected chi connectivity index (χ1v) is 6.34. The fourth-order valence-electron chi connectivity index (χ4n) is 2.07. The molecule has 19 heavy (non-hydrogen) atoms. The molecule has 1 aliphatic heterocycles. The van der Waals surface area contributed by atoms with Crippen LogP contribution >= 0.6 is 11.6 Å². The van der Waals surface area contributed by atoms with Crippen molar-refractivity contribution in [3.8, 4) is 5.69 Å². The van der Waals surface area contributed by atoms with Crippen molar-refractivity contribution in [2.75, 3.05) is 5.32 Å². The molecule has 0 fully saturated rings. The summed E-state index contributed by atoms with van der Waals surface area (Å²) in [5.74, 6) is 0.674. The Hall–Kier alpha value is -2.07. The van der Waals surface area contributed by atoms with Crippen molar-refractivity contribution in [2.45, 2.75) is 13.3 Å². The van der Waals surface area contributed by atoms with Crippen molar-refractivity contribution in [3.05, 3.63) is 47.1 Å². The van der Waals surface area contributed by atoms with E-state index >= 15 is 0 Å². The Kier molecular flexibility index (Phi) is 2.87. The standard InChI is InChI=1S/C14H12ClN3O/c1-9-2-7-13(19)17-14-12(9)8-16-18(14)11-5-3-10(15)4-6-11/h2-6,8H,7H2,1H3,(H,17,19). The molecule has 5 heteroatoms. The summed E-state index contributed by atoms with van der Waals surface area (Å²) in [7, 11) is 0. The third-order valence-corrected chi connectivity index (χ3v) is 3.37. The van der Waals surface area contributed by atoms with E-state index < -0.39 is 0 Å². The SMILES string of the molecule is CC1=CCC(=O)Nc2c1cnn2-c1ccc(Cl)cc1. The van der Waals surface area contributed by atoms with Crippen LogP contribution in [0.5, 0.6) is 0 Å². The fourth-order valence-corrected chi connectivity index (χ4v) is 2.20. The summed E-state index contributed by atoms with van der Waals surface area (Å²) in [5, 5.41) is 7.90. The maximum atomic E-state index is 11.7. The highest BCUT2D eigenvalue weighted by Crippen LogP contribution is 2.29. The smallest absolute Gasteiger partial charge is 0.229 e. The van der Waals surface area contributed by atoms with E-state index in [1.54, 1.807) is 23.0 Å². The third-order valence-electron chi connectivity index (χ3n) is 3.12. The molecular weight excluding hydrogens is 262 g/mol. The van der Waals surface area contributed by atoms with Crippen LogP contribution in [0.2, 0.25) is 5.02 Å². The maximum Gasteiger partial charge on any atom is 0.229 e. The molecule has 1 aromatic heterocycles. The van der Waals surface area contributed by atoms with Crippen molar-refractivity contribution < 1.29 is 4.79 Å². The lowest BCUT2D eigenvalue weighted by molar-refractivity contribution is -0.115. The Morgan fingerprint density at radius 3 is 2.79 bits per heavy atom. The van der Waals surface area contributed by atoms with Gasteiger partial charge in [-0.15, -0.1) is 0 Å². The van der Waals surface area contributed by atoms with E-state index in [-0.39, 0.29) is 5.91 Å². The Balaban J connectivity index is 2.13. The number of anilines is 1. The van der Waals surface area contributed by atoms with Gasteiger partial charge in [0.1, 0.15) is 5.82 Å². The van der Waals surface area contributed by atoms with Crippen molar-refractivity contribution in [2.24, 2.45) is 0 Å². The number of nitrogens with one attached hydrogen (secondary N) is 1. The number of nitrogens with zero attached hydrogens (tertiary/aromatic N) is 2. The van der Waals surface area contributed by atoms with Gasteiger partial charge in [0.2, 0.25) is 5.91 Å². The van der Waals surface area contributed by atoms with Crippen molar-refractivity contribution in [3.63, 3.8) is 0 Å². The van der Waals surface area contributed by atoms with Gasteiger partial charge in [0, 0.05) is 17.0 Å². The van der Waals surface area contributed by atoms with E-state index in [1.807, 2.05) is 25.1 Å². The molecule has 2 aromatic rings. The third kappa shape index (κ3) is 2.15. The van der Waals surface area contributed by atoms with Gasteiger partial charge in [-0.3, -0.25) is 4.79 Å². The Bertz CT molecular complexity index is 670. The van der Waals surface area contributed by atoms with Gasteiger partial charge in [0.15, 0.2) is 0 Å². The number of rotatable bonds is 1. The molecule has 0 saturated carbocycles. The Labute approximate surface area is 115 Å². The topological polar surface area (TPSA) is 46.9 Å². The molecule has 0 radical (unpaired) electrons. The van der Waals surface area contributed by atoms with Crippen LogP contribution in [0.25, 0.3) is 11.3 Å². The van der Waals surface area contributed by atoms with E-state index in [9.17, 15) is 4.79 Å². The summed E-state index contributed by atoms with van der Waals surface area (Å²) in [6.07, 6.45) is 4.07. The second-order valence-corrected chi connectivity index (χ2v) is 4.87. The molecule has 0 aliphatic carbocycles. The van der Waals surface area contributed by atoms with Crippen molar-refractivity contribution >= 4 is 28.9 Å². The summed E-state index contributed by atoms with van der Waals surface area (Å²) in [5.41, 5.74) is 2.86. The molecule has 0 atom stereocenters. The van der Waals surface area contributed by atoms with Crippen LogP contribution in [-0.4, -0.2) is 15.7 Å². The summed E-state index contributed by atoms with van der Waals surface area (Å²) in [6.45, 7) is 1.98. The van der Waals surface area contributed by atoms with E-state index in [4.69, 9.17) is 11.6 Å². The van der Waals surface area contributed by atoms with E-state index in [1.165, 1.54) is 0 Å². The van der Waals surface area contributed by atoms with Crippen molar-refractivity contribution in [1.29, 1.82) is 0 Å². The quantitative estimate of drug-likeness (QED) is 0.867. The van der Waals surface area contributed by atoms with Crippen LogP contribution in [0.4, 0.5) is 5.82 Å². The first kappa shape index (κ1) is 12.0. The van der Waals surface area contributed by atoms with E-state index in [0.29, 0.717) is 17.3 Å². The molecular formula is C14H12ClN3O. The number of carbonyl (C=O) groups excluding carboxylic acids is 1. The Morgan fingerprint density at radius 2 is 2.05 bits per heavy atom. The second-order valence-electron chi connectivity index (χ2n) is 4.43. The number of hydrogen-bond donors (Lipinski definition) is 1. The zero-order valence-electron chi connectivity index (χ0n) is 10.4. The summed E-state index contributed by atoms with van der Waals surface area (Å²) in [6, 6.07) is 7.33. The summed E-state index contributed by atoms with van der Waals surface area (Å²) >= 11 is 5.88. The number of aromatic nitrogens is 2. The van der Waals surface area contributed by atoms with Crippen LogP contribution in [0.15, 0.2) is 36.5 Å². The zero-order chi connectivity index (χ0) is 13.4. The lowest BCUT2D eigenvalue weighted by Crippen LogP contribution is -2.13. The lowest BCUT2D eigenvalue weighted by atomic mass is 10.1. The predicted molar refractivity (Wildman–Crippen MR) is 75.5 cm³/mol. The molecule has 1 N–H and O–H groups in total. The molecule has 3 rings (SSSR count). The molecule has 2 heterocycles. The normalized spacial score (nSPS) is 14.4. The highest BCUT2D eigenvalue weighted by atomic mass is 35.5. The number of allylic oxidation sites excluding steroid dienone is 1. The summed E-state index contributed by atoms with van der Waals surface area (Å²) < 4.78 is 1.71. The molecule has 96 valence electrons. The van der Waals surface area contributed by atoms with E-state index in [0.717, 1.165) is 16.8 Å². The zero-order valence-corrected chi connectivity index (χ0v) is 11.1. The van der Waals surface area contributed by atoms with Gasteiger partial charge in [-0.05, 0) is 36.8 Å². The van der Waals surface area contributed by atoms with Gasteiger partial charge in [-0.1, -0.05) is 17.7 Å². The number of hydrogen-bond acceptors (Lipinski definition) is 2. The average Bonchev–Trinajstić information content (AvgIpc) is 2.74. The largest absolute Gasteiger partial charge is 0.310 e. The highest BCUT2D eigenvalue weighted by molar-refractivity contribution is 6.30. The Morgan fingerprint density at radius 1 is 1.32 bits per heavy atom. The minimum Gasteiger partial charge on any atom is -0.310 e. The molecule has 0 saturated heterocycles. The predicted octanol–water partition coefficient (Wildman–Crippen LogP) is 3.27. The number of fused-ring (bicyclic) bond motifs is 1. The van der Waals surface area contributed by atoms with Gasteiger partial charge in [-0.25, -0.2) is 4.68 Å². The van der Waals surface area contributed by atoms with Crippen LogP contribution in [0.1, 0.15) is 18.9 Å². The van der Waals surface area contributed by atoms with Gasteiger partial charge in [-0.2, -0.15) is 5.10 Å². The van der Waals surface area contributed by atoms with Gasteiger partial charge < -0.3 is 5.32 Å². The number of benzene rings is 1. The number of carbonyl (C=O) groups is 1. The van der Waals surface area contributed by atoms with Gasteiger partial charge in [0.05, 0.1) is 11.9 Å². The maximum absolute atomic E-state index is 11.7. The van der Waals surface area contributed by atoms with Crippen LogP contribution < -0.4 is 5.32 Å². The highest BCUT2D eigenvalue weighted by Gasteiger charge is 2.18.